The van der Waals surface area contributed by atoms with Gasteiger partial charge in [-0.2, -0.15) is 18.3 Å². The van der Waals surface area contributed by atoms with Crippen LogP contribution in [0, 0.1) is 11.8 Å². The van der Waals surface area contributed by atoms with Crippen LogP contribution in [0.25, 0.3) is 17.0 Å². The molecular weight excluding hydrogens is 381 g/mol. The average Bonchev–Trinajstić information content (AvgIpc) is 3.05. The average molecular weight is 394 g/mol. The Morgan fingerprint density at radius 3 is 2.56 bits per heavy atom. The topological polar surface area (TPSA) is 77.2 Å². The SMILES string of the molecule is CC#Cc1ccc(S(=O)(=O)CC)c(-c2ccn3nc(C(F)(F)F)cc3n2)n1. The van der Waals surface area contributed by atoms with Crippen LogP contribution in [-0.2, 0) is 16.0 Å². The number of hydrogen-bond acceptors (Lipinski definition) is 5. The van der Waals surface area contributed by atoms with Crippen molar-refractivity contribution in [2.24, 2.45) is 0 Å². The van der Waals surface area contributed by atoms with E-state index in [0.717, 1.165) is 10.6 Å². The van der Waals surface area contributed by atoms with E-state index in [9.17, 15) is 21.6 Å². The third-order valence-electron chi connectivity index (χ3n) is 3.68. The highest BCUT2D eigenvalue weighted by molar-refractivity contribution is 7.91. The molecule has 27 heavy (non-hydrogen) atoms. The van der Waals surface area contributed by atoms with Crippen LogP contribution < -0.4 is 0 Å². The third kappa shape index (κ3) is 3.64. The number of nitrogens with zero attached hydrogens (tertiary/aromatic N) is 4. The molecule has 0 aliphatic heterocycles. The molecule has 3 aromatic heterocycles. The summed E-state index contributed by atoms with van der Waals surface area (Å²) in [5.41, 5.74) is -0.688. The van der Waals surface area contributed by atoms with Gasteiger partial charge in [0.1, 0.15) is 11.4 Å². The Morgan fingerprint density at radius 2 is 1.93 bits per heavy atom. The van der Waals surface area contributed by atoms with Crippen molar-refractivity contribution in [3.05, 3.63) is 41.9 Å². The smallest absolute Gasteiger partial charge is 0.236 e. The summed E-state index contributed by atoms with van der Waals surface area (Å²) in [5, 5.41) is 3.42. The van der Waals surface area contributed by atoms with Crippen LogP contribution in [-0.4, -0.2) is 33.8 Å². The van der Waals surface area contributed by atoms with Gasteiger partial charge in [0.25, 0.3) is 0 Å². The summed E-state index contributed by atoms with van der Waals surface area (Å²) in [7, 11) is -3.63. The molecule has 10 heteroatoms. The molecule has 0 spiro atoms. The van der Waals surface area contributed by atoms with Gasteiger partial charge in [0.2, 0.25) is 0 Å². The summed E-state index contributed by atoms with van der Waals surface area (Å²) in [6, 6.07) is 5.00. The van der Waals surface area contributed by atoms with Crippen LogP contribution in [0.4, 0.5) is 13.2 Å². The molecule has 0 unspecified atom stereocenters. The fraction of sp³-hybridized carbons (Fsp3) is 0.235. The zero-order chi connectivity index (χ0) is 19.8. The zero-order valence-corrected chi connectivity index (χ0v) is 15.1. The number of halogens is 3. The van der Waals surface area contributed by atoms with E-state index >= 15 is 0 Å². The van der Waals surface area contributed by atoms with Gasteiger partial charge in [-0.1, -0.05) is 12.8 Å². The van der Waals surface area contributed by atoms with E-state index in [1.807, 2.05) is 0 Å². The fourth-order valence-electron chi connectivity index (χ4n) is 2.38. The van der Waals surface area contributed by atoms with Gasteiger partial charge in [-0.25, -0.2) is 22.9 Å². The number of rotatable bonds is 3. The lowest BCUT2D eigenvalue weighted by Gasteiger charge is -2.09. The first-order valence-corrected chi connectivity index (χ1v) is 9.41. The molecule has 3 aromatic rings. The Balaban J connectivity index is 2.24. The first kappa shape index (κ1) is 18.8. The second-order valence-electron chi connectivity index (χ2n) is 5.46. The summed E-state index contributed by atoms with van der Waals surface area (Å²) in [4.78, 5) is 8.30. The lowest BCUT2D eigenvalue weighted by Crippen LogP contribution is -2.08. The minimum atomic E-state index is -4.61. The molecule has 0 bridgehead atoms. The van der Waals surface area contributed by atoms with E-state index < -0.39 is 21.7 Å². The summed E-state index contributed by atoms with van der Waals surface area (Å²) in [6.45, 7) is 3.09. The van der Waals surface area contributed by atoms with Crippen molar-refractivity contribution in [3.63, 3.8) is 0 Å². The van der Waals surface area contributed by atoms with E-state index in [4.69, 9.17) is 0 Å². The van der Waals surface area contributed by atoms with Gasteiger partial charge in [-0.05, 0) is 31.0 Å². The molecule has 0 saturated carbocycles. The Morgan fingerprint density at radius 1 is 1.19 bits per heavy atom. The number of fused-ring (bicyclic) bond motifs is 1. The summed E-state index contributed by atoms with van der Waals surface area (Å²) < 4.78 is 64.3. The molecule has 0 aliphatic rings. The van der Waals surface area contributed by atoms with Crippen LogP contribution in [0.15, 0.2) is 35.4 Å². The highest BCUT2D eigenvalue weighted by atomic mass is 32.2. The van der Waals surface area contributed by atoms with Gasteiger partial charge >= 0.3 is 6.18 Å². The molecule has 0 aliphatic carbocycles. The van der Waals surface area contributed by atoms with Crippen molar-refractivity contribution in [2.75, 3.05) is 5.75 Å². The number of aromatic nitrogens is 4. The lowest BCUT2D eigenvalue weighted by atomic mass is 10.2. The molecule has 0 atom stereocenters. The van der Waals surface area contributed by atoms with E-state index in [1.165, 1.54) is 31.3 Å². The normalized spacial score (nSPS) is 12.0. The van der Waals surface area contributed by atoms with E-state index in [0.29, 0.717) is 5.69 Å². The van der Waals surface area contributed by atoms with Crippen molar-refractivity contribution in [3.8, 4) is 23.2 Å². The molecule has 0 saturated heterocycles. The molecule has 3 rings (SSSR count). The zero-order valence-electron chi connectivity index (χ0n) is 14.2. The maximum atomic E-state index is 12.8. The van der Waals surface area contributed by atoms with Gasteiger partial charge in [0.15, 0.2) is 21.2 Å². The van der Waals surface area contributed by atoms with Crippen molar-refractivity contribution in [1.29, 1.82) is 0 Å². The van der Waals surface area contributed by atoms with Crippen LogP contribution in [0.1, 0.15) is 25.2 Å². The van der Waals surface area contributed by atoms with Gasteiger partial charge in [0.05, 0.1) is 16.3 Å². The van der Waals surface area contributed by atoms with Crippen LogP contribution in [0.5, 0.6) is 0 Å². The molecule has 0 fully saturated rings. The Bertz CT molecular complexity index is 1190. The van der Waals surface area contributed by atoms with Gasteiger partial charge in [0, 0.05) is 12.3 Å². The first-order valence-electron chi connectivity index (χ1n) is 7.76. The molecule has 3 heterocycles. The summed E-state index contributed by atoms with van der Waals surface area (Å²) in [6.07, 6.45) is -3.34. The minimum absolute atomic E-state index is 0.0364. The quantitative estimate of drug-likeness (QED) is 0.639. The van der Waals surface area contributed by atoms with Crippen LogP contribution >= 0.6 is 0 Å². The summed E-state index contributed by atoms with van der Waals surface area (Å²) in [5.74, 6) is 5.23. The molecule has 140 valence electrons. The van der Waals surface area contributed by atoms with Gasteiger partial charge in [-0.15, -0.1) is 0 Å². The van der Waals surface area contributed by atoms with Crippen molar-refractivity contribution >= 4 is 15.5 Å². The first-order chi connectivity index (χ1) is 12.7. The highest BCUT2D eigenvalue weighted by Crippen LogP contribution is 2.30. The molecular formula is C17H13F3N4O2S. The van der Waals surface area contributed by atoms with E-state index in [2.05, 4.69) is 26.9 Å². The fourth-order valence-corrected chi connectivity index (χ4v) is 3.42. The highest BCUT2D eigenvalue weighted by Gasteiger charge is 2.34. The third-order valence-corrected chi connectivity index (χ3v) is 5.44. The predicted molar refractivity (Wildman–Crippen MR) is 91.5 cm³/mol. The van der Waals surface area contributed by atoms with Gasteiger partial charge < -0.3 is 0 Å². The Kier molecular flexibility index (Phi) is 4.65. The standard InChI is InChI=1S/C17H13F3N4O2S/c1-3-5-11-6-7-13(27(25,26)4-2)16(21-11)12-8-9-24-15(22-12)10-14(23-24)17(18,19)20/h6-10H,4H2,1-2H3. The molecule has 0 amide bonds. The van der Waals surface area contributed by atoms with Crippen LogP contribution in [0.3, 0.4) is 0 Å². The molecule has 0 radical (unpaired) electrons. The number of hydrogen-bond donors (Lipinski definition) is 0. The second kappa shape index (κ2) is 6.66. The summed E-state index contributed by atoms with van der Waals surface area (Å²) >= 11 is 0. The second-order valence-corrected chi connectivity index (χ2v) is 7.71. The number of pyridine rings is 1. The maximum Gasteiger partial charge on any atom is 0.435 e. The van der Waals surface area contributed by atoms with Crippen LogP contribution in [0.2, 0.25) is 0 Å². The molecule has 0 N–H and O–H groups in total. The van der Waals surface area contributed by atoms with Crippen molar-refractivity contribution < 1.29 is 21.6 Å². The van der Waals surface area contributed by atoms with Crippen molar-refractivity contribution in [2.45, 2.75) is 24.9 Å². The maximum absolute atomic E-state index is 12.8. The monoisotopic (exact) mass is 394 g/mol. The number of sulfone groups is 1. The molecule has 6 nitrogen and oxygen atoms in total. The Labute approximate surface area is 153 Å². The lowest BCUT2D eigenvalue weighted by molar-refractivity contribution is -0.141. The largest absolute Gasteiger partial charge is 0.435 e. The van der Waals surface area contributed by atoms with E-state index in [1.54, 1.807) is 6.92 Å². The Hall–Kier alpha value is -2.93. The van der Waals surface area contributed by atoms with Gasteiger partial charge in [-0.3, -0.25) is 0 Å². The molecule has 0 aromatic carbocycles. The number of alkyl halides is 3. The van der Waals surface area contributed by atoms with Crippen molar-refractivity contribution in [1.82, 2.24) is 19.6 Å². The minimum Gasteiger partial charge on any atom is -0.236 e. The van der Waals surface area contributed by atoms with E-state index in [-0.39, 0.29) is 27.7 Å². The predicted octanol–water partition coefficient (Wildman–Crippen LogP) is 2.98.